The average molecular weight is 295 g/mol. The molecule has 0 radical (unpaired) electrons. The van der Waals surface area contributed by atoms with Gasteiger partial charge in [-0.25, -0.2) is 0 Å². The lowest BCUT2D eigenvalue weighted by atomic mass is 9.84. The van der Waals surface area contributed by atoms with Crippen LogP contribution < -0.4 is 5.73 Å². The SMILES string of the molecule is CCN(Cc1cccc(Cl)c1)C(=O)C1(CN)CCCC1. The largest absolute Gasteiger partial charge is 0.338 e. The van der Waals surface area contributed by atoms with Gasteiger partial charge in [0.1, 0.15) is 0 Å². The Balaban J connectivity index is 2.13. The first-order chi connectivity index (χ1) is 9.61. The number of carbonyl (C=O) groups is 1. The summed E-state index contributed by atoms with van der Waals surface area (Å²) in [6.07, 6.45) is 4.07. The Kier molecular flexibility index (Phi) is 5.06. The van der Waals surface area contributed by atoms with Gasteiger partial charge in [0, 0.05) is 24.7 Å². The van der Waals surface area contributed by atoms with Crippen LogP contribution in [-0.2, 0) is 11.3 Å². The predicted octanol–water partition coefficient (Wildman–Crippen LogP) is 3.21. The van der Waals surface area contributed by atoms with E-state index in [4.69, 9.17) is 17.3 Å². The van der Waals surface area contributed by atoms with E-state index in [1.54, 1.807) is 0 Å². The highest BCUT2D eigenvalue weighted by atomic mass is 35.5. The fourth-order valence-corrected chi connectivity index (χ4v) is 3.29. The number of benzene rings is 1. The Hall–Kier alpha value is -1.06. The molecule has 0 unspecified atom stereocenters. The van der Waals surface area contributed by atoms with Crippen molar-refractivity contribution in [3.05, 3.63) is 34.9 Å². The molecule has 2 rings (SSSR count). The number of hydrogen-bond donors (Lipinski definition) is 1. The molecular formula is C16H23ClN2O. The molecule has 0 bridgehead atoms. The molecule has 1 aromatic rings. The number of nitrogens with two attached hydrogens (primary N) is 1. The van der Waals surface area contributed by atoms with E-state index in [1.807, 2.05) is 36.1 Å². The number of halogens is 1. The summed E-state index contributed by atoms with van der Waals surface area (Å²) in [5, 5.41) is 0.709. The van der Waals surface area contributed by atoms with Gasteiger partial charge in [-0.05, 0) is 37.5 Å². The van der Waals surface area contributed by atoms with Crippen LogP contribution in [0.15, 0.2) is 24.3 Å². The lowest BCUT2D eigenvalue weighted by Crippen LogP contribution is -2.46. The average Bonchev–Trinajstić information content (AvgIpc) is 2.94. The summed E-state index contributed by atoms with van der Waals surface area (Å²) in [5.41, 5.74) is 6.65. The normalized spacial score (nSPS) is 17.1. The van der Waals surface area contributed by atoms with Crippen LogP contribution in [-0.4, -0.2) is 23.9 Å². The van der Waals surface area contributed by atoms with Gasteiger partial charge in [0.25, 0.3) is 0 Å². The molecule has 1 aliphatic carbocycles. The van der Waals surface area contributed by atoms with Crippen molar-refractivity contribution in [2.75, 3.05) is 13.1 Å². The van der Waals surface area contributed by atoms with E-state index in [-0.39, 0.29) is 11.3 Å². The lowest BCUT2D eigenvalue weighted by molar-refractivity contribution is -0.141. The molecule has 2 N–H and O–H groups in total. The molecule has 0 saturated heterocycles. The summed E-state index contributed by atoms with van der Waals surface area (Å²) in [5.74, 6) is 0.208. The van der Waals surface area contributed by atoms with E-state index in [9.17, 15) is 4.79 Å². The second-order valence-corrected chi connectivity index (χ2v) is 6.08. The van der Waals surface area contributed by atoms with Gasteiger partial charge in [0.05, 0.1) is 5.41 Å². The minimum Gasteiger partial charge on any atom is -0.338 e. The van der Waals surface area contributed by atoms with Crippen molar-refractivity contribution in [3.63, 3.8) is 0 Å². The van der Waals surface area contributed by atoms with E-state index < -0.39 is 0 Å². The first-order valence-electron chi connectivity index (χ1n) is 7.35. The van der Waals surface area contributed by atoms with Crippen molar-refractivity contribution in [2.45, 2.75) is 39.2 Å². The zero-order chi connectivity index (χ0) is 14.6. The van der Waals surface area contributed by atoms with Crippen molar-refractivity contribution in [1.29, 1.82) is 0 Å². The van der Waals surface area contributed by atoms with Gasteiger partial charge in [-0.2, -0.15) is 0 Å². The van der Waals surface area contributed by atoms with E-state index in [2.05, 4.69) is 0 Å². The Morgan fingerprint density at radius 1 is 1.40 bits per heavy atom. The quantitative estimate of drug-likeness (QED) is 0.906. The minimum absolute atomic E-state index is 0.208. The van der Waals surface area contributed by atoms with E-state index >= 15 is 0 Å². The maximum atomic E-state index is 12.8. The fraction of sp³-hybridized carbons (Fsp3) is 0.562. The zero-order valence-electron chi connectivity index (χ0n) is 12.1. The molecular weight excluding hydrogens is 272 g/mol. The molecule has 1 amide bonds. The van der Waals surface area contributed by atoms with Crippen molar-refractivity contribution < 1.29 is 4.79 Å². The third-order valence-electron chi connectivity index (χ3n) is 4.34. The Morgan fingerprint density at radius 2 is 2.10 bits per heavy atom. The van der Waals surface area contributed by atoms with Crippen LogP contribution in [0.4, 0.5) is 0 Å². The standard InChI is InChI=1S/C16H23ClN2O/c1-2-19(11-13-6-5-7-14(17)10-13)15(20)16(12-18)8-3-4-9-16/h5-7,10H,2-4,8-9,11-12,18H2,1H3. The molecule has 20 heavy (non-hydrogen) atoms. The van der Waals surface area contributed by atoms with Crippen LogP contribution in [0, 0.1) is 5.41 Å². The third-order valence-corrected chi connectivity index (χ3v) is 4.57. The van der Waals surface area contributed by atoms with Gasteiger partial charge in [0.15, 0.2) is 0 Å². The van der Waals surface area contributed by atoms with Gasteiger partial charge in [-0.1, -0.05) is 36.6 Å². The summed E-state index contributed by atoms with van der Waals surface area (Å²) in [6.45, 7) is 3.78. The summed E-state index contributed by atoms with van der Waals surface area (Å²) in [4.78, 5) is 14.7. The molecule has 4 heteroatoms. The van der Waals surface area contributed by atoms with Crippen molar-refractivity contribution in [1.82, 2.24) is 4.90 Å². The van der Waals surface area contributed by atoms with Crippen LogP contribution in [0.1, 0.15) is 38.2 Å². The summed E-state index contributed by atoms with van der Waals surface area (Å²) < 4.78 is 0. The van der Waals surface area contributed by atoms with Crippen LogP contribution >= 0.6 is 11.6 Å². The van der Waals surface area contributed by atoms with Crippen LogP contribution in [0.3, 0.4) is 0 Å². The Bertz CT molecular complexity index is 469. The number of amides is 1. The zero-order valence-corrected chi connectivity index (χ0v) is 12.8. The highest BCUT2D eigenvalue weighted by Crippen LogP contribution is 2.39. The number of rotatable bonds is 5. The third kappa shape index (κ3) is 3.15. The van der Waals surface area contributed by atoms with E-state index in [0.29, 0.717) is 24.7 Å². The molecule has 0 heterocycles. The molecule has 0 atom stereocenters. The predicted molar refractivity (Wildman–Crippen MR) is 82.5 cm³/mol. The highest BCUT2D eigenvalue weighted by Gasteiger charge is 2.41. The van der Waals surface area contributed by atoms with Gasteiger partial charge >= 0.3 is 0 Å². The second-order valence-electron chi connectivity index (χ2n) is 5.64. The summed E-state index contributed by atoms with van der Waals surface area (Å²) >= 11 is 6.01. The topological polar surface area (TPSA) is 46.3 Å². The van der Waals surface area contributed by atoms with E-state index in [0.717, 1.165) is 31.2 Å². The molecule has 3 nitrogen and oxygen atoms in total. The van der Waals surface area contributed by atoms with Gasteiger partial charge in [0.2, 0.25) is 5.91 Å². The molecule has 1 saturated carbocycles. The maximum Gasteiger partial charge on any atom is 0.230 e. The number of hydrogen-bond acceptors (Lipinski definition) is 2. The molecule has 1 aliphatic rings. The van der Waals surface area contributed by atoms with Crippen molar-refractivity contribution in [2.24, 2.45) is 11.1 Å². The van der Waals surface area contributed by atoms with Crippen LogP contribution in [0.25, 0.3) is 0 Å². The molecule has 0 spiro atoms. The van der Waals surface area contributed by atoms with Gasteiger partial charge < -0.3 is 10.6 Å². The molecule has 110 valence electrons. The number of carbonyl (C=O) groups excluding carboxylic acids is 1. The van der Waals surface area contributed by atoms with Gasteiger partial charge in [-0.3, -0.25) is 4.79 Å². The monoisotopic (exact) mass is 294 g/mol. The molecule has 1 aromatic carbocycles. The van der Waals surface area contributed by atoms with Crippen LogP contribution in [0.5, 0.6) is 0 Å². The Labute approximate surface area is 126 Å². The second kappa shape index (κ2) is 6.59. The van der Waals surface area contributed by atoms with Gasteiger partial charge in [-0.15, -0.1) is 0 Å². The highest BCUT2D eigenvalue weighted by molar-refractivity contribution is 6.30. The summed E-state index contributed by atoms with van der Waals surface area (Å²) in [6, 6.07) is 7.69. The van der Waals surface area contributed by atoms with Crippen molar-refractivity contribution >= 4 is 17.5 Å². The van der Waals surface area contributed by atoms with Crippen LogP contribution in [0.2, 0.25) is 5.02 Å². The molecule has 0 aromatic heterocycles. The Morgan fingerprint density at radius 3 is 2.65 bits per heavy atom. The maximum absolute atomic E-state index is 12.8. The molecule has 0 aliphatic heterocycles. The summed E-state index contributed by atoms with van der Waals surface area (Å²) in [7, 11) is 0. The fourth-order valence-electron chi connectivity index (χ4n) is 3.08. The number of nitrogens with zero attached hydrogens (tertiary/aromatic N) is 1. The lowest BCUT2D eigenvalue weighted by Gasteiger charge is -2.33. The minimum atomic E-state index is -0.325. The van der Waals surface area contributed by atoms with Crippen molar-refractivity contribution in [3.8, 4) is 0 Å². The molecule has 1 fully saturated rings. The first-order valence-corrected chi connectivity index (χ1v) is 7.73. The van der Waals surface area contributed by atoms with E-state index in [1.165, 1.54) is 0 Å². The first kappa shape index (κ1) is 15.3. The smallest absolute Gasteiger partial charge is 0.230 e.